The van der Waals surface area contributed by atoms with Gasteiger partial charge in [-0.15, -0.1) is 0 Å². The molecule has 0 fully saturated rings. The van der Waals surface area contributed by atoms with E-state index in [9.17, 15) is 14.9 Å². The van der Waals surface area contributed by atoms with E-state index in [1.54, 1.807) is 6.92 Å². The molecule has 0 spiro atoms. The van der Waals surface area contributed by atoms with Gasteiger partial charge in [0, 0.05) is 17.3 Å². The summed E-state index contributed by atoms with van der Waals surface area (Å²) in [5, 5.41) is 14.0. The Morgan fingerprint density at radius 2 is 1.79 bits per heavy atom. The van der Waals surface area contributed by atoms with Crippen LogP contribution in [-0.2, 0) is 0 Å². The number of amides is 1. The van der Waals surface area contributed by atoms with Gasteiger partial charge in [0.2, 0.25) is 0 Å². The highest BCUT2D eigenvalue weighted by molar-refractivity contribution is 6.05. The Labute approximate surface area is 140 Å². The average molecular weight is 328 g/mol. The van der Waals surface area contributed by atoms with E-state index in [0.717, 1.165) is 22.4 Å². The average Bonchev–Trinajstić information content (AvgIpc) is 2.51. The molecule has 0 heterocycles. The lowest BCUT2D eigenvalue weighted by Crippen LogP contribution is -2.14. The third kappa shape index (κ3) is 3.71. The van der Waals surface area contributed by atoms with Gasteiger partial charge in [-0.05, 0) is 51.0 Å². The fourth-order valence-corrected chi connectivity index (χ4v) is 2.64. The smallest absolute Gasteiger partial charge is 0.311 e. The lowest BCUT2D eigenvalue weighted by molar-refractivity contribution is -0.385. The first-order valence-corrected chi connectivity index (χ1v) is 7.64. The maximum atomic E-state index is 12.5. The quantitative estimate of drug-likeness (QED) is 0.659. The maximum absolute atomic E-state index is 12.5. The lowest BCUT2D eigenvalue weighted by Gasteiger charge is -2.13. The largest absolute Gasteiger partial charge is 0.487 e. The summed E-state index contributed by atoms with van der Waals surface area (Å²) in [7, 11) is 0. The molecular weight excluding hydrogens is 308 g/mol. The van der Waals surface area contributed by atoms with Crippen molar-refractivity contribution >= 4 is 17.3 Å². The van der Waals surface area contributed by atoms with Gasteiger partial charge in [-0.3, -0.25) is 14.9 Å². The van der Waals surface area contributed by atoms with Gasteiger partial charge in [-0.25, -0.2) is 0 Å². The Morgan fingerprint density at radius 3 is 2.33 bits per heavy atom. The van der Waals surface area contributed by atoms with Crippen molar-refractivity contribution in [3.63, 3.8) is 0 Å². The summed E-state index contributed by atoms with van der Waals surface area (Å²) in [6.45, 7) is 7.87. The number of hydrogen-bond acceptors (Lipinski definition) is 4. The molecule has 0 bridgehead atoms. The molecule has 0 radical (unpaired) electrons. The number of rotatable bonds is 5. The maximum Gasteiger partial charge on any atom is 0.311 e. The molecule has 0 atom stereocenters. The standard InChI is InChI=1S/C18H20N2O4/c1-5-24-16-7-6-14(10-15(16)20(22)23)18(21)19-17-12(3)8-11(2)9-13(17)4/h6-10H,5H2,1-4H3,(H,19,21). The van der Waals surface area contributed by atoms with Crippen molar-refractivity contribution in [2.45, 2.75) is 27.7 Å². The molecule has 1 amide bonds. The normalized spacial score (nSPS) is 10.3. The van der Waals surface area contributed by atoms with Crippen LogP contribution in [0.1, 0.15) is 34.0 Å². The summed E-state index contributed by atoms with van der Waals surface area (Å²) < 4.78 is 5.23. The van der Waals surface area contributed by atoms with Crippen molar-refractivity contribution in [3.8, 4) is 5.75 Å². The van der Waals surface area contributed by atoms with Crippen LogP contribution in [0.15, 0.2) is 30.3 Å². The van der Waals surface area contributed by atoms with Crippen molar-refractivity contribution in [1.82, 2.24) is 0 Å². The van der Waals surface area contributed by atoms with E-state index in [0.29, 0.717) is 6.61 Å². The zero-order valence-corrected chi connectivity index (χ0v) is 14.2. The third-order valence-electron chi connectivity index (χ3n) is 3.63. The van der Waals surface area contributed by atoms with Crippen LogP contribution in [0, 0.1) is 30.9 Å². The molecule has 0 aliphatic rings. The molecule has 2 aromatic carbocycles. The van der Waals surface area contributed by atoms with Crippen molar-refractivity contribution < 1.29 is 14.5 Å². The number of nitrogens with one attached hydrogen (secondary N) is 1. The van der Waals surface area contributed by atoms with Gasteiger partial charge in [0.05, 0.1) is 11.5 Å². The summed E-state index contributed by atoms with van der Waals surface area (Å²) in [6.07, 6.45) is 0. The first-order valence-electron chi connectivity index (χ1n) is 7.64. The van der Waals surface area contributed by atoms with Crippen molar-refractivity contribution in [2.24, 2.45) is 0 Å². The van der Waals surface area contributed by atoms with Gasteiger partial charge in [-0.1, -0.05) is 17.7 Å². The van der Waals surface area contributed by atoms with Crippen LogP contribution in [0.3, 0.4) is 0 Å². The summed E-state index contributed by atoms with van der Waals surface area (Å²) in [5.41, 5.74) is 3.72. The Hall–Kier alpha value is -2.89. The van der Waals surface area contributed by atoms with E-state index in [-0.39, 0.29) is 17.0 Å². The fourth-order valence-electron chi connectivity index (χ4n) is 2.64. The molecule has 0 aliphatic heterocycles. The van der Waals surface area contributed by atoms with Crippen LogP contribution in [0.4, 0.5) is 11.4 Å². The lowest BCUT2D eigenvalue weighted by atomic mass is 10.0. The second-order valence-corrected chi connectivity index (χ2v) is 5.60. The molecule has 24 heavy (non-hydrogen) atoms. The number of nitro groups is 1. The highest BCUT2D eigenvalue weighted by atomic mass is 16.6. The van der Waals surface area contributed by atoms with E-state index < -0.39 is 10.8 Å². The highest BCUT2D eigenvalue weighted by Gasteiger charge is 2.19. The Morgan fingerprint density at radius 1 is 1.17 bits per heavy atom. The third-order valence-corrected chi connectivity index (χ3v) is 3.63. The van der Waals surface area contributed by atoms with Crippen LogP contribution >= 0.6 is 0 Å². The number of aryl methyl sites for hydroxylation is 3. The van der Waals surface area contributed by atoms with Crippen molar-refractivity contribution in [3.05, 3.63) is 62.7 Å². The number of hydrogen-bond donors (Lipinski definition) is 1. The van der Waals surface area contributed by atoms with Crippen LogP contribution in [-0.4, -0.2) is 17.4 Å². The topological polar surface area (TPSA) is 81.5 Å². The summed E-state index contributed by atoms with van der Waals surface area (Å²) >= 11 is 0. The van der Waals surface area contributed by atoms with E-state index >= 15 is 0 Å². The van der Waals surface area contributed by atoms with E-state index in [2.05, 4.69) is 5.32 Å². The monoisotopic (exact) mass is 328 g/mol. The summed E-state index contributed by atoms with van der Waals surface area (Å²) in [6, 6.07) is 8.16. The van der Waals surface area contributed by atoms with Crippen LogP contribution in [0.25, 0.3) is 0 Å². The molecule has 0 aromatic heterocycles. The molecular formula is C18H20N2O4. The van der Waals surface area contributed by atoms with Crippen molar-refractivity contribution in [2.75, 3.05) is 11.9 Å². The van der Waals surface area contributed by atoms with Crippen LogP contribution < -0.4 is 10.1 Å². The number of carbonyl (C=O) groups is 1. The number of nitrogens with zero attached hydrogens (tertiary/aromatic N) is 1. The van der Waals surface area contributed by atoms with Gasteiger partial charge in [-0.2, -0.15) is 0 Å². The van der Waals surface area contributed by atoms with Gasteiger partial charge in [0.15, 0.2) is 5.75 Å². The number of carbonyl (C=O) groups excluding carboxylic acids is 1. The summed E-state index contributed by atoms with van der Waals surface area (Å²) in [5.74, 6) is -0.238. The molecule has 1 N–H and O–H groups in total. The summed E-state index contributed by atoms with van der Waals surface area (Å²) in [4.78, 5) is 23.1. The van der Waals surface area contributed by atoms with Crippen molar-refractivity contribution in [1.29, 1.82) is 0 Å². The Bertz CT molecular complexity index is 777. The molecule has 0 aliphatic carbocycles. The first-order chi connectivity index (χ1) is 11.3. The van der Waals surface area contributed by atoms with Gasteiger partial charge < -0.3 is 10.1 Å². The molecule has 6 nitrogen and oxygen atoms in total. The molecule has 2 rings (SSSR count). The minimum atomic E-state index is -0.551. The van der Waals surface area contributed by atoms with E-state index in [1.165, 1.54) is 18.2 Å². The predicted octanol–water partition coefficient (Wildman–Crippen LogP) is 4.17. The number of benzene rings is 2. The SMILES string of the molecule is CCOc1ccc(C(=O)Nc2c(C)cc(C)cc2C)cc1[N+](=O)[O-]. The Kier molecular flexibility index (Phi) is 5.18. The van der Waals surface area contributed by atoms with E-state index in [4.69, 9.17) is 4.74 Å². The first kappa shape index (κ1) is 17.5. The van der Waals surface area contributed by atoms with Crippen LogP contribution in [0.5, 0.6) is 5.75 Å². The number of anilines is 1. The van der Waals surface area contributed by atoms with Crippen LogP contribution in [0.2, 0.25) is 0 Å². The highest BCUT2D eigenvalue weighted by Crippen LogP contribution is 2.29. The predicted molar refractivity (Wildman–Crippen MR) is 92.9 cm³/mol. The van der Waals surface area contributed by atoms with Gasteiger partial charge in [0.25, 0.3) is 5.91 Å². The molecule has 6 heteroatoms. The molecule has 0 saturated carbocycles. The minimum Gasteiger partial charge on any atom is -0.487 e. The Balaban J connectivity index is 2.34. The van der Waals surface area contributed by atoms with E-state index in [1.807, 2.05) is 32.9 Å². The second-order valence-electron chi connectivity index (χ2n) is 5.60. The number of nitro benzene ring substituents is 1. The van der Waals surface area contributed by atoms with Gasteiger partial charge in [0.1, 0.15) is 0 Å². The minimum absolute atomic E-state index is 0.154. The fraction of sp³-hybridized carbons (Fsp3) is 0.278. The molecule has 0 unspecified atom stereocenters. The van der Waals surface area contributed by atoms with Gasteiger partial charge >= 0.3 is 5.69 Å². The number of ether oxygens (including phenoxy) is 1. The molecule has 2 aromatic rings. The molecule has 0 saturated heterocycles. The second kappa shape index (κ2) is 7.12. The zero-order valence-electron chi connectivity index (χ0n) is 14.2. The molecule has 126 valence electrons. The zero-order chi connectivity index (χ0) is 17.9.